The van der Waals surface area contributed by atoms with Gasteiger partial charge in [0, 0.05) is 56.7 Å². The zero-order chi connectivity index (χ0) is 17.6. The fourth-order valence-corrected chi connectivity index (χ4v) is 3.45. The lowest BCUT2D eigenvalue weighted by molar-refractivity contribution is 0.261. The lowest BCUT2D eigenvalue weighted by atomic mass is 10.2. The van der Waals surface area contributed by atoms with Gasteiger partial charge in [0.25, 0.3) is 0 Å². The van der Waals surface area contributed by atoms with E-state index in [-0.39, 0.29) is 0 Å². The highest BCUT2D eigenvalue weighted by atomic mass is 79.9. The minimum Gasteiger partial charge on any atom is -0.495 e. The molecule has 0 spiro atoms. The molecule has 0 saturated carbocycles. The minimum absolute atomic E-state index is 0.669. The molecule has 1 aromatic heterocycles. The van der Waals surface area contributed by atoms with Gasteiger partial charge in [-0.2, -0.15) is 0 Å². The van der Waals surface area contributed by atoms with Gasteiger partial charge in [0.1, 0.15) is 5.75 Å². The highest BCUT2D eigenvalue weighted by Gasteiger charge is 2.18. The summed E-state index contributed by atoms with van der Waals surface area (Å²) in [6.45, 7) is 5.27. The largest absolute Gasteiger partial charge is 0.495 e. The second kappa shape index (κ2) is 8.54. The highest BCUT2D eigenvalue weighted by Crippen LogP contribution is 2.30. The number of hydrogen-bond donors (Lipinski definition) is 0. The Hall–Kier alpha value is -1.79. The first kappa shape index (κ1) is 18.0. The molecular formula is C19H24BrN3O2. The number of methoxy groups -OCH3 is 2. The van der Waals surface area contributed by atoms with E-state index >= 15 is 0 Å². The van der Waals surface area contributed by atoms with Crippen LogP contribution in [0.2, 0.25) is 0 Å². The fourth-order valence-electron chi connectivity index (χ4n) is 3.04. The molecule has 2 aromatic rings. The van der Waals surface area contributed by atoms with Crippen molar-refractivity contribution in [2.75, 3.05) is 51.8 Å². The fraction of sp³-hybridized carbons (Fsp3) is 0.421. The first-order valence-electron chi connectivity index (χ1n) is 8.49. The lowest BCUT2D eigenvalue weighted by Crippen LogP contribution is -2.47. The van der Waals surface area contributed by atoms with E-state index in [0.29, 0.717) is 5.88 Å². The van der Waals surface area contributed by atoms with Gasteiger partial charge >= 0.3 is 0 Å². The van der Waals surface area contributed by atoms with Crippen molar-refractivity contribution >= 4 is 21.6 Å². The average Bonchev–Trinajstić information content (AvgIpc) is 2.67. The molecule has 134 valence electrons. The molecule has 1 saturated heterocycles. The number of aromatic nitrogens is 1. The number of benzene rings is 1. The molecule has 0 bridgehead atoms. The van der Waals surface area contributed by atoms with Crippen LogP contribution in [0.25, 0.3) is 0 Å². The zero-order valence-corrected chi connectivity index (χ0v) is 16.3. The van der Waals surface area contributed by atoms with Crippen LogP contribution in [0.3, 0.4) is 0 Å². The van der Waals surface area contributed by atoms with Gasteiger partial charge in [0.05, 0.1) is 18.7 Å². The third-order valence-electron chi connectivity index (χ3n) is 4.60. The number of ether oxygens (including phenoxy) is 2. The van der Waals surface area contributed by atoms with Crippen LogP contribution >= 0.6 is 15.9 Å². The summed E-state index contributed by atoms with van der Waals surface area (Å²) in [6.07, 6.45) is 2.92. The standard InChI is InChI=1S/C19H24BrN3O2/c1-24-18-13-16(4-5-17(18)20)23-11-9-22(10-12-23)8-7-15-3-6-19(25-2)21-14-15/h3-6,13-14H,7-12H2,1-2H3. The van der Waals surface area contributed by atoms with Crippen LogP contribution in [-0.2, 0) is 6.42 Å². The predicted molar refractivity (Wildman–Crippen MR) is 104 cm³/mol. The topological polar surface area (TPSA) is 37.8 Å². The number of halogens is 1. The van der Waals surface area contributed by atoms with Gasteiger partial charge in [-0.05, 0) is 40.0 Å². The van der Waals surface area contributed by atoms with Crippen LogP contribution in [0.1, 0.15) is 5.56 Å². The van der Waals surface area contributed by atoms with Crippen molar-refractivity contribution in [1.29, 1.82) is 0 Å². The molecule has 6 heteroatoms. The maximum atomic E-state index is 5.40. The first-order valence-corrected chi connectivity index (χ1v) is 9.28. The second-order valence-corrected chi connectivity index (χ2v) is 6.96. The van der Waals surface area contributed by atoms with Gasteiger partial charge in [-0.25, -0.2) is 4.98 Å². The molecule has 5 nitrogen and oxygen atoms in total. The Morgan fingerprint density at radius 2 is 1.84 bits per heavy atom. The van der Waals surface area contributed by atoms with Gasteiger partial charge in [-0.3, -0.25) is 4.90 Å². The van der Waals surface area contributed by atoms with E-state index in [1.807, 2.05) is 12.3 Å². The third-order valence-corrected chi connectivity index (χ3v) is 5.25. The van der Waals surface area contributed by atoms with Gasteiger partial charge in [-0.1, -0.05) is 6.07 Å². The van der Waals surface area contributed by atoms with Gasteiger partial charge < -0.3 is 14.4 Å². The summed E-state index contributed by atoms with van der Waals surface area (Å²) >= 11 is 3.51. The summed E-state index contributed by atoms with van der Waals surface area (Å²) < 4.78 is 11.5. The molecule has 0 aliphatic carbocycles. The summed E-state index contributed by atoms with van der Waals surface area (Å²) in [4.78, 5) is 9.20. The lowest BCUT2D eigenvalue weighted by Gasteiger charge is -2.36. The van der Waals surface area contributed by atoms with Crippen LogP contribution in [0.15, 0.2) is 41.0 Å². The number of hydrogen-bond acceptors (Lipinski definition) is 5. The number of nitrogens with zero attached hydrogens (tertiary/aromatic N) is 3. The van der Waals surface area contributed by atoms with Gasteiger partial charge in [-0.15, -0.1) is 0 Å². The summed E-state index contributed by atoms with van der Waals surface area (Å²) in [5.41, 5.74) is 2.47. The first-order chi connectivity index (χ1) is 12.2. The van der Waals surface area contributed by atoms with E-state index in [4.69, 9.17) is 9.47 Å². The van der Waals surface area contributed by atoms with Gasteiger partial charge in [0.2, 0.25) is 5.88 Å². The van der Waals surface area contributed by atoms with E-state index in [1.54, 1.807) is 14.2 Å². The number of anilines is 1. The molecule has 1 fully saturated rings. The molecule has 0 N–H and O–H groups in total. The smallest absolute Gasteiger partial charge is 0.212 e. The monoisotopic (exact) mass is 405 g/mol. The van der Waals surface area contributed by atoms with E-state index < -0.39 is 0 Å². The maximum Gasteiger partial charge on any atom is 0.212 e. The van der Waals surface area contributed by atoms with Crippen molar-refractivity contribution in [3.8, 4) is 11.6 Å². The maximum absolute atomic E-state index is 5.40. The Kier molecular flexibility index (Phi) is 6.15. The quantitative estimate of drug-likeness (QED) is 0.737. The Labute approximate surface area is 157 Å². The summed E-state index contributed by atoms with van der Waals surface area (Å²) in [5.74, 6) is 1.55. The summed E-state index contributed by atoms with van der Waals surface area (Å²) in [6, 6.07) is 10.3. The Morgan fingerprint density at radius 1 is 1.04 bits per heavy atom. The highest BCUT2D eigenvalue weighted by molar-refractivity contribution is 9.10. The Morgan fingerprint density at radius 3 is 2.48 bits per heavy atom. The van der Waals surface area contributed by atoms with Gasteiger partial charge in [0.15, 0.2) is 0 Å². The Bertz CT molecular complexity index is 686. The summed E-state index contributed by atoms with van der Waals surface area (Å²) in [7, 11) is 3.35. The summed E-state index contributed by atoms with van der Waals surface area (Å²) in [5, 5.41) is 0. The minimum atomic E-state index is 0.669. The van der Waals surface area contributed by atoms with Crippen molar-refractivity contribution in [2.24, 2.45) is 0 Å². The molecule has 0 amide bonds. The Balaban J connectivity index is 1.49. The van der Waals surface area contributed by atoms with Crippen molar-refractivity contribution in [3.05, 3.63) is 46.6 Å². The number of piperazine rings is 1. The van der Waals surface area contributed by atoms with Crippen molar-refractivity contribution in [2.45, 2.75) is 6.42 Å². The van der Waals surface area contributed by atoms with Crippen LogP contribution in [-0.4, -0.2) is 56.8 Å². The molecule has 0 radical (unpaired) electrons. The average molecular weight is 406 g/mol. The van der Waals surface area contributed by atoms with E-state index in [9.17, 15) is 0 Å². The molecule has 1 aliphatic rings. The molecule has 0 atom stereocenters. The molecule has 2 heterocycles. The van der Waals surface area contributed by atoms with Crippen molar-refractivity contribution < 1.29 is 9.47 Å². The molecule has 3 rings (SSSR count). The van der Waals surface area contributed by atoms with Crippen molar-refractivity contribution in [1.82, 2.24) is 9.88 Å². The van der Waals surface area contributed by atoms with Crippen LogP contribution < -0.4 is 14.4 Å². The van der Waals surface area contributed by atoms with Crippen LogP contribution in [0.4, 0.5) is 5.69 Å². The van der Waals surface area contributed by atoms with E-state index in [0.717, 1.165) is 49.4 Å². The molecule has 0 unspecified atom stereocenters. The molecule has 1 aliphatic heterocycles. The van der Waals surface area contributed by atoms with Crippen LogP contribution in [0, 0.1) is 0 Å². The third kappa shape index (κ3) is 4.64. The normalized spacial score (nSPS) is 15.2. The van der Waals surface area contributed by atoms with Crippen molar-refractivity contribution in [3.63, 3.8) is 0 Å². The number of pyridine rings is 1. The van der Waals surface area contributed by atoms with Crippen LogP contribution in [0.5, 0.6) is 11.6 Å². The predicted octanol–water partition coefficient (Wildman–Crippen LogP) is 3.23. The second-order valence-electron chi connectivity index (χ2n) is 6.11. The molecule has 25 heavy (non-hydrogen) atoms. The molecule has 1 aromatic carbocycles. The van der Waals surface area contributed by atoms with E-state index in [2.05, 4.69) is 55.0 Å². The zero-order valence-electron chi connectivity index (χ0n) is 14.7. The SMILES string of the molecule is COc1ccc(CCN2CCN(c3ccc(Br)c(OC)c3)CC2)cn1. The molecular weight excluding hydrogens is 382 g/mol. The van der Waals surface area contributed by atoms with E-state index in [1.165, 1.54) is 11.3 Å². The number of rotatable bonds is 6.